The molecule has 7 heteroatoms. The van der Waals surface area contributed by atoms with E-state index in [1.165, 1.54) is 17.4 Å². The third-order valence-corrected chi connectivity index (χ3v) is 3.48. The second-order valence-corrected chi connectivity index (χ2v) is 5.34. The Labute approximate surface area is 118 Å². The fourth-order valence-electron chi connectivity index (χ4n) is 1.63. The largest absolute Gasteiger partial charge is 0.375 e. The number of anilines is 1. The summed E-state index contributed by atoms with van der Waals surface area (Å²) in [5.41, 5.74) is 6.06. The van der Waals surface area contributed by atoms with Crippen LogP contribution in [0.1, 0.15) is 16.9 Å². The number of benzene rings is 1. The summed E-state index contributed by atoms with van der Waals surface area (Å²) in [6, 6.07) is 3.63. The van der Waals surface area contributed by atoms with Crippen LogP contribution < -0.4 is 11.1 Å². The Morgan fingerprint density at radius 1 is 1.35 bits per heavy atom. The molecule has 0 fully saturated rings. The van der Waals surface area contributed by atoms with Crippen molar-refractivity contribution in [2.75, 3.05) is 5.73 Å². The fraction of sp³-hybridized carbons (Fsp3) is 0.231. The average Bonchev–Trinajstić information content (AvgIpc) is 2.83. The first-order valence-electron chi connectivity index (χ1n) is 5.95. The Morgan fingerprint density at radius 2 is 2.15 bits per heavy atom. The number of hydrogen-bond acceptors (Lipinski definition) is 4. The van der Waals surface area contributed by atoms with E-state index in [2.05, 4.69) is 10.3 Å². The van der Waals surface area contributed by atoms with Crippen molar-refractivity contribution in [2.24, 2.45) is 0 Å². The molecular formula is C13H13F2N3OS. The van der Waals surface area contributed by atoms with Crippen molar-refractivity contribution in [1.29, 1.82) is 0 Å². The average molecular weight is 297 g/mol. The molecule has 0 aliphatic rings. The van der Waals surface area contributed by atoms with E-state index in [1.807, 2.05) is 0 Å². The van der Waals surface area contributed by atoms with Crippen LogP contribution in [0.5, 0.6) is 0 Å². The molecule has 4 nitrogen and oxygen atoms in total. The van der Waals surface area contributed by atoms with Gasteiger partial charge in [-0.1, -0.05) is 6.07 Å². The molecule has 2 aromatic rings. The standard InChI is InChI=1S/C13H13F2N3OS/c14-10-3-1-8(5-11(10)15)2-4-12(19)17-6-9-7-18-13(16)20-9/h1,3,5,7H,2,4,6H2,(H2,16,18)(H,17,19). The van der Waals surface area contributed by atoms with Gasteiger partial charge < -0.3 is 11.1 Å². The van der Waals surface area contributed by atoms with Gasteiger partial charge in [0.2, 0.25) is 5.91 Å². The zero-order valence-electron chi connectivity index (χ0n) is 10.5. The summed E-state index contributed by atoms with van der Waals surface area (Å²) < 4.78 is 25.7. The molecule has 0 radical (unpaired) electrons. The van der Waals surface area contributed by atoms with E-state index >= 15 is 0 Å². The topological polar surface area (TPSA) is 68.0 Å². The highest BCUT2D eigenvalue weighted by molar-refractivity contribution is 7.15. The van der Waals surface area contributed by atoms with Crippen LogP contribution in [0.25, 0.3) is 0 Å². The number of aromatic nitrogens is 1. The molecule has 20 heavy (non-hydrogen) atoms. The van der Waals surface area contributed by atoms with Gasteiger partial charge in [-0.05, 0) is 24.1 Å². The predicted octanol–water partition coefficient (Wildman–Crippen LogP) is 2.25. The fourth-order valence-corrected chi connectivity index (χ4v) is 2.26. The number of nitrogens with zero attached hydrogens (tertiary/aromatic N) is 1. The molecule has 1 amide bonds. The molecule has 3 N–H and O–H groups in total. The van der Waals surface area contributed by atoms with Gasteiger partial charge in [0.25, 0.3) is 0 Å². The van der Waals surface area contributed by atoms with Crippen LogP contribution in [0.3, 0.4) is 0 Å². The zero-order valence-corrected chi connectivity index (χ0v) is 11.3. The van der Waals surface area contributed by atoms with Crippen LogP contribution in [-0.4, -0.2) is 10.9 Å². The summed E-state index contributed by atoms with van der Waals surface area (Å²) >= 11 is 1.31. The maximum atomic E-state index is 13.0. The first-order chi connectivity index (χ1) is 9.54. The molecule has 2 rings (SSSR count). The third-order valence-electron chi connectivity index (χ3n) is 2.66. The Balaban J connectivity index is 1.78. The van der Waals surface area contributed by atoms with Crippen molar-refractivity contribution in [1.82, 2.24) is 10.3 Å². The van der Waals surface area contributed by atoms with Crippen molar-refractivity contribution in [3.05, 3.63) is 46.5 Å². The van der Waals surface area contributed by atoms with E-state index in [4.69, 9.17) is 5.73 Å². The highest BCUT2D eigenvalue weighted by atomic mass is 32.1. The molecule has 0 spiro atoms. The maximum Gasteiger partial charge on any atom is 0.220 e. The number of nitrogen functional groups attached to an aromatic ring is 1. The van der Waals surface area contributed by atoms with Crippen molar-refractivity contribution in [3.63, 3.8) is 0 Å². The Hall–Kier alpha value is -2.02. The molecule has 0 unspecified atom stereocenters. The van der Waals surface area contributed by atoms with Crippen LogP contribution in [0.2, 0.25) is 0 Å². The smallest absolute Gasteiger partial charge is 0.220 e. The van der Waals surface area contributed by atoms with E-state index in [9.17, 15) is 13.6 Å². The summed E-state index contributed by atoms with van der Waals surface area (Å²) in [7, 11) is 0. The molecule has 0 aliphatic carbocycles. The number of nitrogens with one attached hydrogen (secondary N) is 1. The number of carbonyl (C=O) groups is 1. The van der Waals surface area contributed by atoms with Gasteiger partial charge in [-0.3, -0.25) is 4.79 Å². The normalized spacial score (nSPS) is 10.5. The molecule has 0 atom stereocenters. The Bertz CT molecular complexity index is 615. The number of rotatable bonds is 5. The highest BCUT2D eigenvalue weighted by Gasteiger charge is 2.06. The quantitative estimate of drug-likeness (QED) is 0.889. The summed E-state index contributed by atoms with van der Waals surface area (Å²) in [5, 5.41) is 3.17. The summed E-state index contributed by atoms with van der Waals surface area (Å²) in [6.07, 6.45) is 2.17. The second kappa shape index (κ2) is 6.42. The van der Waals surface area contributed by atoms with E-state index in [0.29, 0.717) is 23.7 Å². The van der Waals surface area contributed by atoms with E-state index in [-0.39, 0.29) is 12.3 Å². The minimum absolute atomic E-state index is 0.165. The lowest BCUT2D eigenvalue weighted by atomic mass is 10.1. The Kier molecular flexibility index (Phi) is 4.62. The summed E-state index contributed by atoms with van der Waals surface area (Å²) in [5.74, 6) is -1.95. The molecule has 0 saturated carbocycles. The van der Waals surface area contributed by atoms with E-state index in [1.54, 1.807) is 6.20 Å². The van der Waals surface area contributed by atoms with Gasteiger partial charge in [0.1, 0.15) is 0 Å². The van der Waals surface area contributed by atoms with Crippen LogP contribution in [0, 0.1) is 11.6 Å². The molecule has 1 aromatic carbocycles. The predicted molar refractivity (Wildman–Crippen MR) is 73.1 cm³/mol. The SMILES string of the molecule is Nc1ncc(CNC(=O)CCc2ccc(F)c(F)c2)s1. The Morgan fingerprint density at radius 3 is 2.80 bits per heavy atom. The maximum absolute atomic E-state index is 13.0. The van der Waals surface area contributed by atoms with Crippen LogP contribution in [0.4, 0.5) is 13.9 Å². The van der Waals surface area contributed by atoms with Crippen LogP contribution >= 0.6 is 11.3 Å². The van der Waals surface area contributed by atoms with Gasteiger partial charge >= 0.3 is 0 Å². The van der Waals surface area contributed by atoms with Gasteiger partial charge in [0.05, 0.1) is 6.54 Å². The second-order valence-electron chi connectivity index (χ2n) is 4.19. The number of carbonyl (C=O) groups excluding carboxylic acids is 1. The number of hydrogen-bond donors (Lipinski definition) is 2. The minimum atomic E-state index is -0.900. The van der Waals surface area contributed by atoms with Gasteiger partial charge in [0, 0.05) is 17.5 Å². The third kappa shape index (κ3) is 3.99. The van der Waals surface area contributed by atoms with Gasteiger partial charge in [-0.2, -0.15) is 0 Å². The summed E-state index contributed by atoms with van der Waals surface area (Å²) in [4.78, 5) is 16.4. The lowest BCUT2D eigenvalue weighted by Gasteiger charge is -2.04. The number of aryl methyl sites for hydroxylation is 1. The minimum Gasteiger partial charge on any atom is -0.375 e. The van der Waals surface area contributed by atoms with Crippen LogP contribution in [0.15, 0.2) is 24.4 Å². The van der Waals surface area contributed by atoms with E-state index < -0.39 is 11.6 Å². The first kappa shape index (κ1) is 14.4. The van der Waals surface area contributed by atoms with Crippen molar-refractivity contribution < 1.29 is 13.6 Å². The monoisotopic (exact) mass is 297 g/mol. The number of amides is 1. The van der Waals surface area contributed by atoms with Crippen molar-refractivity contribution in [3.8, 4) is 0 Å². The molecule has 106 valence electrons. The molecule has 0 saturated heterocycles. The highest BCUT2D eigenvalue weighted by Crippen LogP contribution is 2.14. The molecular weight excluding hydrogens is 284 g/mol. The number of halogens is 2. The molecule has 0 bridgehead atoms. The molecule has 0 aliphatic heterocycles. The number of nitrogens with two attached hydrogens (primary N) is 1. The first-order valence-corrected chi connectivity index (χ1v) is 6.77. The lowest BCUT2D eigenvalue weighted by molar-refractivity contribution is -0.121. The molecule has 1 heterocycles. The van der Waals surface area contributed by atoms with Crippen molar-refractivity contribution >= 4 is 22.4 Å². The van der Waals surface area contributed by atoms with Gasteiger partial charge in [-0.25, -0.2) is 13.8 Å². The van der Waals surface area contributed by atoms with Gasteiger partial charge in [-0.15, -0.1) is 11.3 Å². The van der Waals surface area contributed by atoms with Gasteiger partial charge in [0.15, 0.2) is 16.8 Å². The zero-order chi connectivity index (χ0) is 14.5. The summed E-state index contributed by atoms with van der Waals surface area (Å²) in [6.45, 7) is 0.367. The number of thiazole rings is 1. The van der Waals surface area contributed by atoms with Crippen LogP contribution in [-0.2, 0) is 17.8 Å². The van der Waals surface area contributed by atoms with E-state index in [0.717, 1.165) is 17.0 Å². The molecule has 1 aromatic heterocycles. The van der Waals surface area contributed by atoms with Crippen molar-refractivity contribution in [2.45, 2.75) is 19.4 Å². The lowest BCUT2D eigenvalue weighted by Crippen LogP contribution is -2.22.